The largest absolute Gasteiger partial charge is 0.497 e. The molecule has 5 rings (SSSR count). The fourth-order valence-electron chi connectivity index (χ4n) is 3.76. The molecular formula is C26H24N4O4S. The Morgan fingerprint density at radius 2 is 1.54 bits per heavy atom. The van der Waals surface area contributed by atoms with E-state index in [1.807, 2.05) is 60.7 Å². The number of hydrogen-bond donors (Lipinski definition) is 0. The molecule has 1 aromatic heterocycles. The van der Waals surface area contributed by atoms with Crippen LogP contribution in [0.25, 0.3) is 0 Å². The normalized spacial score (nSPS) is 14.6. The van der Waals surface area contributed by atoms with Crippen LogP contribution in [0.15, 0.2) is 83.1 Å². The Labute approximate surface area is 207 Å². The second-order valence-corrected chi connectivity index (χ2v) is 8.71. The van der Waals surface area contributed by atoms with Gasteiger partial charge in [0.15, 0.2) is 17.3 Å². The molecule has 1 aliphatic heterocycles. The summed E-state index contributed by atoms with van der Waals surface area (Å²) in [6.07, 6.45) is 0. The van der Waals surface area contributed by atoms with Gasteiger partial charge in [0.2, 0.25) is 5.16 Å². The van der Waals surface area contributed by atoms with Gasteiger partial charge in [-0.3, -0.25) is 0 Å². The van der Waals surface area contributed by atoms with Crippen molar-refractivity contribution in [2.24, 2.45) is 5.10 Å². The average Bonchev–Trinajstić information content (AvgIpc) is 3.33. The van der Waals surface area contributed by atoms with Gasteiger partial charge >= 0.3 is 0 Å². The molecule has 8 nitrogen and oxygen atoms in total. The Morgan fingerprint density at radius 3 is 2.26 bits per heavy atom. The summed E-state index contributed by atoms with van der Waals surface area (Å²) in [7, 11) is 4.88. The molecule has 1 atom stereocenters. The number of thioether (sulfide) groups is 1. The van der Waals surface area contributed by atoms with Gasteiger partial charge < -0.3 is 18.9 Å². The maximum Gasteiger partial charge on any atom is 0.213 e. The number of rotatable bonds is 8. The smallest absolute Gasteiger partial charge is 0.213 e. The quantitative estimate of drug-likeness (QED) is 0.346. The predicted octanol–water partition coefficient (Wildman–Crippen LogP) is 4.98. The summed E-state index contributed by atoms with van der Waals surface area (Å²) < 4.78 is 23.9. The lowest BCUT2D eigenvalue weighted by Crippen LogP contribution is -2.19. The Balaban J connectivity index is 1.51. The van der Waals surface area contributed by atoms with Crippen molar-refractivity contribution in [3.63, 3.8) is 0 Å². The third-order valence-electron chi connectivity index (χ3n) is 5.56. The van der Waals surface area contributed by atoms with Crippen molar-refractivity contribution in [1.82, 2.24) is 14.9 Å². The molecule has 0 bridgehead atoms. The van der Waals surface area contributed by atoms with Crippen LogP contribution in [0.4, 0.5) is 0 Å². The Kier molecular flexibility index (Phi) is 6.58. The first-order valence-electron chi connectivity index (χ1n) is 10.9. The minimum absolute atomic E-state index is 0.0682. The molecule has 0 radical (unpaired) electrons. The van der Waals surface area contributed by atoms with Crippen LogP contribution in [0.3, 0.4) is 0 Å². The van der Waals surface area contributed by atoms with Crippen LogP contribution in [-0.4, -0.2) is 41.9 Å². The van der Waals surface area contributed by atoms with Gasteiger partial charge in [-0.2, -0.15) is 9.78 Å². The van der Waals surface area contributed by atoms with Gasteiger partial charge in [0.25, 0.3) is 0 Å². The van der Waals surface area contributed by atoms with E-state index in [4.69, 9.17) is 24.0 Å². The maximum atomic E-state index is 5.94. The van der Waals surface area contributed by atoms with Crippen molar-refractivity contribution < 1.29 is 18.9 Å². The predicted molar refractivity (Wildman–Crippen MR) is 134 cm³/mol. The van der Waals surface area contributed by atoms with E-state index in [-0.39, 0.29) is 11.9 Å². The molecule has 0 fully saturated rings. The van der Waals surface area contributed by atoms with E-state index in [9.17, 15) is 0 Å². The zero-order valence-electron chi connectivity index (χ0n) is 19.5. The number of nitrogens with zero attached hydrogens (tertiary/aromatic N) is 4. The molecule has 9 heteroatoms. The standard InChI is InChI=1S/C26H24N4O4S/c1-31-19-10-12-20(13-11-19)34-16-23-27-28-26-30(23)29-24(25(35-26)17-7-5-4-6-8-17)18-9-14-21(32-2)22(15-18)33-3/h4-15,25H,16H2,1-3H3/t25-/m0/s1. The number of benzene rings is 3. The van der Waals surface area contributed by atoms with Crippen molar-refractivity contribution in [1.29, 1.82) is 0 Å². The van der Waals surface area contributed by atoms with E-state index >= 15 is 0 Å². The SMILES string of the molecule is COc1ccc(OCc2nnc3n2N=C(c2ccc(OC)c(OC)c2)[C@H](c2ccccc2)S3)cc1. The highest BCUT2D eigenvalue weighted by molar-refractivity contribution is 8.00. The lowest BCUT2D eigenvalue weighted by atomic mass is 10.0. The van der Waals surface area contributed by atoms with Crippen LogP contribution in [0, 0.1) is 0 Å². The number of fused-ring (bicyclic) bond motifs is 1. The fraction of sp³-hybridized carbons (Fsp3) is 0.192. The molecule has 2 heterocycles. The van der Waals surface area contributed by atoms with E-state index in [1.54, 1.807) is 37.8 Å². The molecule has 0 aliphatic carbocycles. The fourth-order valence-corrected chi connectivity index (χ4v) is 4.89. The Bertz CT molecular complexity index is 1340. The van der Waals surface area contributed by atoms with Crippen LogP contribution in [-0.2, 0) is 6.61 Å². The highest BCUT2D eigenvalue weighted by Gasteiger charge is 2.30. The molecule has 0 unspecified atom stereocenters. The van der Waals surface area contributed by atoms with Gasteiger partial charge in [-0.15, -0.1) is 10.2 Å². The van der Waals surface area contributed by atoms with Gasteiger partial charge in [-0.05, 0) is 48.0 Å². The maximum absolute atomic E-state index is 5.94. The summed E-state index contributed by atoms with van der Waals surface area (Å²) in [6.45, 7) is 0.221. The highest BCUT2D eigenvalue weighted by Crippen LogP contribution is 2.42. The zero-order valence-corrected chi connectivity index (χ0v) is 20.4. The van der Waals surface area contributed by atoms with Gasteiger partial charge in [-0.25, -0.2) is 0 Å². The minimum Gasteiger partial charge on any atom is -0.497 e. The third kappa shape index (κ3) is 4.67. The second-order valence-electron chi connectivity index (χ2n) is 7.64. The summed E-state index contributed by atoms with van der Waals surface area (Å²) in [5, 5.41) is 14.4. The van der Waals surface area contributed by atoms with Crippen molar-refractivity contribution in [2.75, 3.05) is 21.3 Å². The van der Waals surface area contributed by atoms with E-state index < -0.39 is 0 Å². The number of ether oxygens (including phenoxy) is 4. The molecular weight excluding hydrogens is 464 g/mol. The van der Waals surface area contributed by atoms with Crippen LogP contribution in [0.1, 0.15) is 22.2 Å². The van der Waals surface area contributed by atoms with Crippen molar-refractivity contribution in [3.8, 4) is 23.0 Å². The van der Waals surface area contributed by atoms with Crippen LogP contribution >= 0.6 is 11.8 Å². The van der Waals surface area contributed by atoms with Crippen molar-refractivity contribution >= 4 is 17.5 Å². The lowest BCUT2D eigenvalue weighted by molar-refractivity contribution is 0.289. The summed E-state index contributed by atoms with van der Waals surface area (Å²) >= 11 is 1.60. The molecule has 1 aliphatic rings. The summed E-state index contributed by atoms with van der Waals surface area (Å²) in [6, 6.07) is 23.4. The first-order valence-corrected chi connectivity index (χ1v) is 11.8. The molecule has 178 valence electrons. The third-order valence-corrected chi connectivity index (χ3v) is 6.76. The van der Waals surface area contributed by atoms with E-state index in [0.717, 1.165) is 22.6 Å². The van der Waals surface area contributed by atoms with Crippen LogP contribution in [0.5, 0.6) is 23.0 Å². The topological polar surface area (TPSA) is 80.0 Å². The van der Waals surface area contributed by atoms with E-state index in [2.05, 4.69) is 22.3 Å². The number of hydrogen-bond acceptors (Lipinski definition) is 8. The Hall–Kier alpha value is -3.98. The molecule has 3 aromatic carbocycles. The van der Waals surface area contributed by atoms with E-state index in [1.165, 1.54) is 0 Å². The molecule has 0 saturated carbocycles. The number of aromatic nitrogens is 3. The van der Waals surface area contributed by atoms with Crippen molar-refractivity contribution in [3.05, 3.63) is 89.7 Å². The monoisotopic (exact) mass is 488 g/mol. The first-order chi connectivity index (χ1) is 17.2. The molecule has 0 N–H and O–H groups in total. The van der Waals surface area contributed by atoms with Gasteiger partial charge in [-0.1, -0.05) is 42.1 Å². The summed E-state index contributed by atoms with van der Waals surface area (Å²) in [5.74, 6) is 3.38. The van der Waals surface area contributed by atoms with Gasteiger partial charge in [0, 0.05) is 5.56 Å². The first kappa shape index (κ1) is 22.8. The molecule has 0 saturated heterocycles. The van der Waals surface area contributed by atoms with E-state index in [0.29, 0.717) is 28.2 Å². The van der Waals surface area contributed by atoms with Crippen LogP contribution < -0.4 is 18.9 Å². The van der Waals surface area contributed by atoms with Crippen LogP contribution in [0.2, 0.25) is 0 Å². The summed E-state index contributed by atoms with van der Waals surface area (Å²) in [5.41, 5.74) is 2.90. The average molecular weight is 489 g/mol. The molecule has 4 aromatic rings. The van der Waals surface area contributed by atoms with Gasteiger partial charge in [0.1, 0.15) is 18.1 Å². The van der Waals surface area contributed by atoms with Gasteiger partial charge in [0.05, 0.1) is 32.3 Å². The highest BCUT2D eigenvalue weighted by atomic mass is 32.2. The lowest BCUT2D eigenvalue weighted by Gasteiger charge is -2.24. The minimum atomic E-state index is -0.0682. The second kappa shape index (κ2) is 10.1. The zero-order chi connectivity index (χ0) is 24.2. The molecule has 0 spiro atoms. The summed E-state index contributed by atoms with van der Waals surface area (Å²) in [4.78, 5) is 0. The number of methoxy groups -OCH3 is 3. The van der Waals surface area contributed by atoms with Crippen molar-refractivity contribution in [2.45, 2.75) is 17.0 Å². The Morgan fingerprint density at radius 1 is 0.800 bits per heavy atom. The molecule has 35 heavy (non-hydrogen) atoms. The molecule has 0 amide bonds.